The molecule has 0 aromatic carbocycles. The van der Waals surface area contributed by atoms with E-state index in [0.29, 0.717) is 19.3 Å². The molecule has 0 aliphatic carbocycles. The molecule has 1 rings (SSSR count). The van der Waals surface area contributed by atoms with Crippen LogP contribution in [0.3, 0.4) is 0 Å². The number of carboxylic acid groups (broad SMARTS) is 1. The Morgan fingerprint density at radius 3 is 2.43 bits per heavy atom. The van der Waals surface area contributed by atoms with E-state index in [2.05, 4.69) is 5.32 Å². The number of likely N-dealkylation sites (tertiary alicyclic amines) is 1. The molecule has 1 saturated heterocycles. The number of amides is 2. The molecule has 0 aromatic rings. The quantitative estimate of drug-likeness (QED) is 0.764. The summed E-state index contributed by atoms with van der Waals surface area (Å²) in [6.45, 7) is 7.20. The lowest BCUT2D eigenvalue weighted by Gasteiger charge is -2.38. The first-order chi connectivity index (χ1) is 10.7. The van der Waals surface area contributed by atoms with Crippen LogP contribution in [0.4, 0.5) is 9.59 Å². The lowest BCUT2D eigenvalue weighted by atomic mass is 9.96. The maximum Gasteiger partial charge on any atom is 0.408 e. The summed E-state index contributed by atoms with van der Waals surface area (Å²) in [5.74, 6) is -0.545. The van der Waals surface area contributed by atoms with Gasteiger partial charge in [-0.1, -0.05) is 0 Å². The average Bonchev–Trinajstić information content (AvgIpc) is 2.42. The Morgan fingerprint density at radius 1 is 1.26 bits per heavy atom. The Bertz CT molecular complexity index is 446. The van der Waals surface area contributed by atoms with Gasteiger partial charge in [0.15, 0.2) is 0 Å². The van der Waals surface area contributed by atoms with Crippen LogP contribution in [0.5, 0.6) is 0 Å². The fourth-order valence-corrected chi connectivity index (χ4v) is 2.55. The van der Waals surface area contributed by atoms with E-state index in [-0.39, 0.29) is 13.2 Å². The molecule has 0 bridgehead atoms. The van der Waals surface area contributed by atoms with Crippen molar-refractivity contribution in [1.29, 1.82) is 0 Å². The van der Waals surface area contributed by atoms with E-state index < -0.39 is 35.8 Å². The number of piperidine rings is 1. The fraction of sp³-hybridized carbons (Fsp3) is 0.800. The molecule has 1 aliphatic heterocycles. The SMILES string of the molecule is CCOC(=O)C1CCCC(CNC(=O)OC(C)(C)C)N1C(=O)O. The molecule has 0 saturated carbocycles. The molecule has 23 heavy (non-hydrogen) atoms. The molecule has 132 valence electrons. The fourth-order valence-electron chi connectivity index (χ4n) is 2.55. The van der Waals surface area contributed by atoms with Crippen molar-refractivity contribution in [2.24, 2.45) is 0 Å². The molecule has 2 unspecified atom stereocenters. The number of esters is 1. The number of nitrogens with one attached hydrogen (secondary N) is 1. The zero-order chi connectivity index (χ0) is 17.6. The summed E-state index contributed by atoms with van der Waals surface area (Å²) in [7, 11) is 0. The van der Waals surface area contributed by atoms with Crippen molar-refractivity contribution in [2.75, 3.05) is 13.2 Å². The molecule has 1 heterocycles. The minimum atomic E-state index is -1.20. The summed E-state index contributed by atoms with van der Waals surface area (Å²) < 4.78 is 10.1. The normalized spacial score (nSPS) is 21.5. The highest BCUT2D eigenvalue weighted by Crippen LogP contribution is 2.24. The second kappa shape index (κ2) is 8.03. The van der Waals surface area contributed by atoms with Crippen molar-refractivity contribution in [2.45, 2.75) is 64.6 Å². The number of hydrogen-bond acceptors (Lipinski definition) is 5. The van der Waals surface area contributed by atoms with Gasteiger partial charge < -0.3 is 19.9 Å². The molecular weight excluding hydrogens is 304 g/mol. The van der Waals surface area contributed by atoms with Crippen molar-refractivity contribution in [1.82, 2.24) is 10.2 Å². The third-order valence-corrected chi connectivity index (χ3v) is 3.40. The zero-order valence-electron chi connectivity index (χ0n) is 14.1. The third-order valence-electron chi connectivity index (χ3n) is 3.40. The molecule has 1 aliphatic rings. The smallest absolute Gasteiger partial charge is 0.408 e. The van der Waals surface area contributed by atoms with Crippen LogP contribution in [0.1, 0.15) is 47.0 Å². The second-order valence-corrected chi connectivity index (χ2v) is 6.43. The minimum absolute atomic E-state index is 0.0944. The van der Waals surface area contributed by atoms with E-state index in [9.17, 15) is 19.5 Å². The van der Waals surface area contributed by atoms with Crippen molar-refractivity contribution in [3.63, 3.8) is 0 Å². The third kappa shape index (κ3) is 5.96. The lowest BCUT2D eigenvalue weighted by molar-refractivity contribution is -0.151. The molecule has 0 aromatic heterocycles. The first-order valence-corrected chi connectivity index (χ1v) is 7.80. The van der Waals surface area contributed by atoms with E-state index >= 15 is 0 Å². The van der Waals surface area contributed by atoms with Gasteiger partial charge in [-0.25, -0.2) is 14.4 Å². The molecule has 0 radical (unpaired) electrons. The molecule has 2 atom stereocenters. The van der Waals surface area contributed by atoms with Crippen molar-refractivity contribution in [3.05, 3.63) is 0 Å². The van der Waals surface area contributed by atoms with Crippen LogP contribution in [0.25, 0.3) is 0 Å². The first kappa shape index (κ1) is 19.1. The Morgan fingerprint density at radius 2 is 1.91 bits per heavy atom. The van der Waals surface area contributed by atoms with E-state index in [4.69, 9.17) is 9.47 Å². The topological polar surface area (TPSA) is 105 Å². The van der Waals surface area contributed by atoms with Crippen molar-refractivity contribution < 1.29 is 29.0 Å². The van der Waals surface area contributed by atoms with Crippen LogP contribution >= 0.6 is 0 Å². The van der Waals surface area contributed by atoms with Crippen molar-refractivity contribution >= 4 is 18.2 Å². The molecule has 8 heteroatoms. The van der Waals surface area contributed by atoms with Crippen LogP contribution < -0.4 is 5.32 Å². The summed E-state index contributed by atoms with van der Waals surface area (Å²) >= 11 is 0. The average molecular weight is 330 g/mol. The van der Waals surface area contributed by atoms with Crippen LogP contribution in [0, 0.1) is 0 Å². The summed E-state index contributed by atoms with van der Waals surface area (Å²) in [4.78, 5) is 36.3. The first-order valence-electron chi connectivity index (χ1n) is 7.80. The van der Waals surface area contributed by atoms with Gasteiger partial charge in [0, 0.05) is 6.54 Å². The standard InChI is InChI=1S/C15H26N2O6/c1-5-22-12(18)11-8-6-7-10(17(11)14(20)21)9-16-13(19)23-15(2,3)4/h10-11H,5-9H2,1-4H3,(H,16,19)(H,20,21). The lowest BCUT2D eigenvalue weighted by Crippen LogP contribution is -2.56. The van der Waals surface area contributed by atoms with Gasteiger partial charge in [0.25, 0.3) is 0 Å². The molecule has 2 amide bonds. The predicted molar refractivity (Wildman–Crippen MR) is 82.2 cm³/mol. The maximum absolute atomic E-state index is 11.9. The Kier molecular flexibility index (Phi) is 6.65. The van der Waals surface area contributed by atoms with Gasteiger partial charge in [0.05, 0.1) is 12.6 Å². The number of rotatable bonds is 4. The Hall–Kier alpha value is -1.99. The van der Waals surface area contributed by atoms with E-state index in [0.717, 1.165) is 4.90 Å². The highest BCUT2D eigenvalue weighted by molar-refractivity contribution is 5.81. The maximum atomic E-state index is 11.9. The second-order valence-electron chi connectivity index (χ2n) is 6.43. The van der Waals surface area contributed by atoms with E-state index in [1.54, 1.807) is 27.7 Å². The molecule has 8 nitrogen and oxygen atoms in total. The van der Waals surface area contributed by atoms with E-state index in [1.165, 1.54) is 0 Å². The van der Waals surface area contributed by atoms with Gasteiger partial charge in [0.2, 0.25) is 0 Å². The van der Waals surface area contributed by atoms with Crippen LogP contribution in [0.2, 0.25) is 0 Å². The van der Waals surface area contributed by atoms with Crippen LogP contribution in [0.15, 0.2) is 0 Å². The number of carbonyl (C=O) groups excluding carboxylic acids is 2. The van der Waals surface area contributed by atoms with Crippen LogP contribution in [-0.4, -0.2) is 59.0 Å². The van der Waals surface area contributed by atoms with Gasteiger partial charge in [-0.15, -0.1) is 0 Å². The number of ether oxygens (including phenoxy) is 2. The van der Waals surface area contributed by atoms with Gasteiger partial charge in [-0.05, 0) is 47.0 Å². The monoisotopic (exact) mass is 330 g/mol. The predicted octanol–water partition coefficient (Wildman–Crippen LogP) is 1.98. The summed E-state index contributed by atoms with van der Waals surface area (Å²) in [6.07, 6.45) is -0.125. The zero-order valence-corrected chi connectivity index (χ0v) is 14.1. The largest absolute Gasteiger partial charge is 0.465 e. The Labute approximate surface area is 136 Å². The summed E-state index contributed by atoms with van der Waals surface area (Å²) in [6, 6.07) is -1.31. The number of carbonyl (C=O) groups is 3. The summed E-state index contributed by atoms with van der Waals surface area (Å²) in [5, 5.41) is 12.0. The van der Waals surface area contributed by atoms with E-state index in [1.807, 2.05) is 0 Å². The van der Waals surface area contributed by atoms with Crippen LogP contribution in [-0.2, 0) is 14.3 Å². The van der Waals surface area contributed by atoms with Crippen molar-refractivity contribution in [3.8, 4) is 0 Å². The van der Waals surface area contributed by atoms with Gasteiger partial charge in [0.1, 0.15) is 11.6 Å². The number of nitrogens with zero attached hydrogens (tertiary/aromatic N) is 1. The molecule has 0 spiro atoms. The Balaban J connectivity index is 2.70. The highest BCUT2D eigenvalue weighted by Gasteiger charge is 2.39. The summed E-state index contributed by atoms with van der Waals surface area (Å²) in [5.41, 5.74) is -0.628. The number of hydrogen-bond donors (Lipinski definition) is 2. The minimum Gasteiger partial charge on any atom is -0.465 e. The van der Waals surface area contributed by atoms with Gasteiger partial charge in [-0.2, -0.15) is 0 Å². The number of alkyl carbamates (subject to hydrolysis) is 1. The van der Waals surface area contributed by atoms with Gasteiger partial charge >= 0.3 is 18.2 Å². The highest BCUT2D eigenvalue weighted by atomic mass is 16.6. The molecule has 1 fully saturated rings. The molecule has 2 N–H and O–H groups in total. The van der Waals surface area contributed by atoms with Gasteiger partial charge in [-0.3, -0.25) is 4.90 Å². The molecular formula is C15H26N2O6.